The Labute approximate surface area is 50.3 Å². The van der Waals surface area contributed by atoms with Crippen LogP contribution in [0.1, 0.15) is 19.8 Å². The summed E-state index contributed by atoms with van der Waals surface area (Å²) in [6.07, 6.45) is 7.24. The monoisotopic (exact) mass is 112 g/mol. The second kappa shape index (κ2) is 2.88. The number of hydrogen-bond acceptors (Lipinski definition) is 1. The van der Waals surface area contributed by atoms with E-state index in [0.29, 0.717) is 6.10 Å². The van der Waals surface area contributed by atoms with Gasteiger partial charge in [0.1, 0.15) is 0 Å². The van der Waals surface area contributed by atoms with E-state index in [1.807, 2.05) is 0 Å². The van der Waals surface area contributed by atoms with Crippen LogP contribution in [0, 0.1) is 0 Å². The zero-order chi connectivity index (χ0) is 5.82. The van der Waals surface area contributed by atoms with Gasteiger partial charge in [-0.2, -0.15) is 0 Å². The fraction of sp³-hybridized carbons (Fsp3) is 0.714. The number of hydrogen-bond donors (Lipinski definition) is 0. The summed E-state index contributed by atoms with van der Waals surface area (Å²) in [6, 6.07) is 0. The van der Waals surface area contributed by atoms with Crippen LogP contribution in [-0.2, 0) is 4.74 Å². The second-order valence-corrected chi connectivity index (χ2v) is 2.09. The smallest absolute Gasteiger partial charge is 0.0991 e. The number of ether oxygens (including phenoxy) is 1. The van der Waals surface area contributed by atoms with Crippen LogP contribution >= 0.6 is 0 Å². The van der Waals surface area contributed by atoms with E-state index in [4.69, 9.17) is 4.74 Å². The fourth-order valence-corrected chi connectivity index (χ4v) is 0.581. The molecule has 0 saturated carbocycles. The molecule has 0 radical (unpaired) electrons. The lowest BCUT2D eigenvalue weighted by Crippen LogP contribution is -1.72. The minimum Gasteiger partial charge on any atom is -0.369 e. The largest absolute Gasteiger partial charge is 0.369 e. The maximum absolute atomic E-state index is 4.97. The molecule has 0 spiro atoms. The molecule has 0 amide bonds. The normalized spacial score (nSPS) is 26.9. The molecule has 46 valence electrons. The van der Waals surface area contributed by atoms with Crippen molar-refractivity contribution in [2.24, 2.45) is 0 Å². The first kappa shape index (κ1) is 5.83. The van der Waals surface area contributed by atoms with Gasteiger partial charge in [0.05, 0.1) is 12.7 Å². The third-order valence-electron chi connectivity index (χ3n) is 1.17. The average molecular weight is 112 g/mol. The zero-order valence-corrected chi connectivity index (χ0v) is 5.26. The van der Waals surface area contributed by atoms with Gasteiger partial charge < -0.3 is 4.74 Å². The lowest BCUT2D eigenvalue weighted by Gasteiger charge is -1.79. The van der Waals surface area contributed by atoms with Gasteiger partial charge in [0, 0.05) is 0 Å². The second-order valence-electron chi connectivity index (χ2n) is 2.09. The minimum atomic E-state index is 0.474. The van der Waals surface area contributed by atoms with Crippen LogP contribution in [0.15, 0.2) is 12.2 Å². The van der Waals surface area contributed by atoms with Crippen LogP contribution in [0.3, 0.4) is 0 Å². The first-order chi connectivity index (χ1) is 3.93. The molecule has 0 bridgehead atoms. The van der Waals surface area contributed by atoms with Gasteiger partial charge in [-0.15, -0.1) is 0 Å². The standard InChI is InChI=1S/C7H12O/c1-2-3-4-5-7-6-8-7/h4-5,7H,2-3,6H2,1H3/b5-4+. The molecule has 1 aliphatic heterocycles. The minimum absolute atomic E-state index is 0.474. The van der Waals surface area contributed by atoms with E-state index in [-0.39, 0.29) is 0 Å². The molecule has 1 fully saturated rings. The number of epoxide rings is 1. The summed E-state index contributed by atoms with van der Waals surface area (Å²) < 4.78 is 4.97. The molecule has 0 aliphatic carbocycles. The average Bonchev–Trinajstić information content (AvgIpc) is 2.51. The Morgan fingerprint density at radius 3 is 3.00 bits per heavy atom. The third-order valence-corrected chi connectivity index (χ3v) is 1.17. The molecule has 1 heteroatoms. The Morgan fingerprint density at radius 1 is 1.75 bits per heavy atom. The zero-order valence-electron chi connectivity index (χ0n) is 5.26. The van der Waals surface area contributed by atoms with Crippen molar-refractivity contribution in [1.29, 1.82) is 0 Å². The predicted octanol–water partition coefficient (Wildman–Crippen LogP) is 1.74. The molecular formula is C7H12O. The van der Waals surface area contributed by atoms with E-state index >= 15 is 0 Å². The van der Waals surface area contributed by atoms with Gasteiger partial charge in [-0.25, -0.2) is 0 Å². The van der Waals surface area contributed by atoms with Crippen molar-refractivity contribution in [3.05, 3.63) is 12.2 Å². The Kier molecular flexibility index (Phi) is 2.10. The fourth-order valence-electron chi connectivity index (χ4n) is 0.581. The molecule has 1 saturated heterocycles. The van der Waals surface area contributed by atoms with Crippen LogP contribution in [0.2, 0.25) is 0 Å². The Balaban J connectivity index is 1.96. The highest BCUT2D eigenvalue weighted by Crippen LogP contribution is 2.10. The summed E-state index contributed by atoms with van der Waals surface area (Å²) in [5.41, 5.74) is 0. The molecule has 0 aromatic rings. The molecule has 1 heterocycles. The molecule has 1 nitrogen and oxygen atoms in total. The van der Waals surface area contributed by atoms with Crippen LogP contribution in [-0.4, -0.2) is 12.7 Å². The van der Waals surface area contributed by atoms with Crippen LogP contribution in [0.25, 0.3) is 0 Å². The Bertz CT molecular complexity index is 82.4. The van der Waals surface area contributed by atoms with E-state index in [9.17, 15) is 0 Å². The molecule has 1 aliphatic rings. The number of allylic oxidation sites excluding steroid dienone is 1. The van der Waals surface area contributed by atoms with Crippen molar-refractivity contribution in [1.82, 2.24) is 0 Å². The maximum Gasteiger partial charge on any atom is 0.0991 e. The molecule has 0 N–H and O–H groups in total. The van der Waals surface area contributed by atoms with Gasteiger partial charge in [0.2, 0.25) is 0 Å². The first-order valence-corrected chi connectivity index (χ1v) is 3.21. The van der Waals surface area contributed by atoms with Crippen molar-refractivity contribution in [2.45, 2.75) is 25.9 Å². The van der Waals surface area contributed by atoms with Gasteiger partial charge in [-0.3, -0.25) is 0 Å². The molecule has 0 aromatic carbocycles. The van der Waals surface area contributed by atoms with Crippen molar-refractivity contribution in [2.75, 3.05) is 6.61 Å². The summed E-state index contributed by atoms with van der Waals surface area (Å²) in [5.74, 6) is 0. The first-order valence-electron chi connectivity index (χ1n) is 3.21. The van der Waals surface area contributed by atoms with Gasteiger partial charge in [-0.1, -0.05) is 25.5 Å². The quantitative estimate of drug-likeness (QED) is 0.400. The van der Waals surface area contributed by atoms with E-state index in [1.165, 1.54) is 12.8 Å². The Morgan fingerprint density at radius 2 is 2.50 bits per heavy atom. The molecule has 0 aromatic heterocycles. The topological polar surface area (TPSA) is 12.5 Å². The summed E-state index contributed by atoms with van der Waals surface area (Å²) in [7, 11) is 0. The van der Waals surface area contributed by atoms with E-state index in [2.05, 4.69) is 19.1 Å². The summed E-state index contributed by atoms with van der Waals surface area (Å²) in [5, 5.41) is 0. The Hall–Kier alpha value is -0.300. The third kappa shape index (κ3) is 2.12. The van der Waals surface area contributed by atoms with E-state index in [1.54, 1.807) is 0 Å². The molecule has 8 heavy (non-hydrogen) atoms. The highest BCUT2D eigenvalue weighted by molar-refractivity contribution is 4.95. The summed E-state index contributed by atoms with van der Waals surface area (Å²) >= 11 is 0. The van der Waals surface area contributed by atoms with Crippen LogP contribution in [0.5, 0.6) is 0 Å². The van der Waals surface area contributed by atoms with Crippen LogP contribution < -0.4 is 0 Å². The summed E-state index contributed by atoms with van der Waals surface area (Å²) in [4.78, 5) is 0. The van der Waals surface area contributed by atoms with Crippen molar-refractivity contribution < 1.29 is 4.74 Å². The molecule has 1 rings (SSSR count). The van der Waals surface area contributed by atoms with Gasteiger partial charge >= 0.3 is 0 Å². The SMILES string of the molecule is CCC/C=C/C1CO1. The number of unbranched alkanes of at least 4 members (excludes halogenated alkanes) is 1. The summed E-state index contributed by atoms with van der Waals surface area (Å²) in [6.45, 7) is 3.12. The van der Waals surface area contributed by atoms with E-state index < -0.39 is 0 Å². The van der Waals surface area contributed by atoms with Crippen LogP contribution in [0.4, 0.5) is 0 Å². The molecule has 1 atom stereocenters. The lowest BCUT2D eigenvalue weighted by atomic mass is 10.3. The van der Waals surface area contributed by atoms with E-state index in [0.717, 1.165) is 6.61 Å². The highest BCUT2D eigenvalue weighted by atomic mass is 16.6. The lowest BCUT2D eigenvalue weighted by molar-refractivity contribution is 0.439. The van der Waals surface area contributed by atoms with Gasteiger partial charge in [-0.05, 0) is 6.42 Å². The molecule has 1 unspecified atom stereocenters. The van der Waals surface area contributed by atoms with Gasteiger partial charge in [0.25, 0.3) is 0 Å². The highest BCUT2D eigenvalue weighted by Gasteiger charge is 2.17. The van der Waals surface area contributed by atoms with Crippen molar-refractivity contribution in [3.63, 3.8) is 0 Å². The van der Waals surface area contributed by atoms with Crippen molar-refractivity contribution in [3.8, 4) is 0 Å². The van der Waals surface area contributed by atoms with Gasteiger partial charge in [0.15, 0.2) is 0 Å². The predicted molar refractivity (Wildman–Crippen MR) is 33.8 cm³/mol. The number of rotatable bonds is 3. The molecular weight excluding hydrogens is 100 g/mol. The maximum atomic E-state index is 4.97. The van der Waals surface area contributed by atoms with Crippen molar-refractivity contribution >= 4 is 0 Å².